The van der Waals surface area contributed by atoms with Crippen molar-refractivity contribution in [3.8, 4) is 5.75 Å². The van der Waals surface area contributed by atoms with Crippen molar-refractivity contribution in [2.24, 2.45) is 11.1 Å². The van der Waals surface area contributed by atoms with E-state index in [9.17, 15) is 0 Å². The van der Waals surface area contributed by atoms with Crippen LogP contribution in [0.15, 0.2) is 36.5 Å². The summed E-state index contributed by atoms with van der Waals surface area (Å²) in [5.74, 6) is 0.930. The SMILES string of the molecule is NC1CC(Oc2ccc3cccnc3c2)C12CCCC2. The molecule has 2 aliphatic rings. The molecule has 0 bridgehead atoms. The first-order chi connectivity index (χ1) is 9.78. The number of nitrogens with zero attached hydrogens (tertiary/aromatic N) is 1. The molecule has 2 aliphatic carbocycles. The summed E-state index contributed by atoms with van der Waals surface area (Å²) in [7, 11) is 0. The number of fused-ring (bicyclic) bond motifs is 1. The van der Waals surface area contributed by atoms with E-state index in [0.717, 1.165) is 23.1 Å². The second kappa shape index (κ2) is 4.45. The Bertz CT molecular complexity index is 634. The monoisotopic (exact) mass is 268 g/mol. The van der Waals surface area contributed by atoms with Gasteiger partial charge in [-0.15, -0.1) is 0 Å². The average molecular weight is 268 g/mol. The minimum absolute atomic E-state index is 0.249. The van der Waals surface area contributed by atoms with Crippen LogP contribution in [0.5, 0.6) is 5.75 Å². The van der Waals surface area contributed by atoms with Crippen LogP contribution in [-0.4, -0.2) is 17.1 Å². The predicted octanol–water partition coefficient (Wildman–Crippen LogP) is 3.27. The molecule has 3 heteroatoms. The lowest BCUT2D eigenvalue weighted by atomic mass is 9.61. The molecule has 4 rings (SSSR count). The molecule has 2 atom stereocenters. The normalized spacial score (nSPS) is 27.6. The molecule has 1 heterocycles. The lowest BCUT2D eigenvalue weighted by molar-refractivity contribution is -0.0619. The van der Waals surface area contributed by atoms with Crippen LogP contribution < -0.4 is 10.5 Å². The van der Waals surface area contributed by atoms with Crippen molar-refractivity contribution in [2.45, 2.75) is 44.2 Å². The molecule has 2 unspecified atom stereocenters. The van der Waals surface area contributed by atoms with Crippen molar-refractivity contribution in [3.05, 3.63) is 36.5 Å². The van der Waals surface area contributed by atoms with E-state index in [0.29, 0.717) is 12.1 Å². The third kappa shape index (κ3) is 1.73. The molecular formula is C17H20N2O. The molecule has 2 fully saturated rings. The predicted molar refractivity (Wildman–Crippen MR) is 79.7 cm³/mol. The van der Waals surface area contributed by atoms with Gasteiger partial charge in [-0.1, -0.05) is 18.9 Å². The zero-order valence-electron chi connectivity index (χ0n) is 11.6. The van der Waals surface area contributed by atoms with Crippen molar-refractivity contribution in [1.82, 2.24) is 4.98 Å². The number of rotatable bonds is 2. The molecule has 1 aromatic carbocycles. The van der Waals surface area contributed by atoms with E-state index in [1.165, 1.54) is 25.7 Å². The van der Waals surface area contributed by atoms with Crippen LogP contribution in [0.4, 0.5) is 0 Å². The van der Waals surface area contributed by atoms with Gasteiger partial charge in [0, 0.05) is 35.5 Å². The summed E-state index contributed by atoms with van der Waals surface area (Å²) < 4.78 is 6.25. The van der Waals surface area contributed by atoms with Gasteiger partial charge in [0.15, 0.2) is 0 Å². The summed E-state index contributed by atoms with van der Waals surface area (Å²) in [6.45, 7) is 0. The number of aromatic nitrogens is 1. The van der Waals surface area contributed by atoms with Crippen LogP contribution in [0.3, 0.4) is 0 Å². The summed E-state index contributed by atoms with van der Waals surface area (Å²) in [5.41, 5.74) is 7.50. The maximum absolute atomic E-state index is 6.26. The minimum atomic E-state index is 0.249. The first-order valence-electron chi connectivity index (χ1n) is 7.55. The van der Waals surface area contributed by atoms with E-state index < -0.39 is 0 Å². The Hall–Kier alpha value is -1.61. The molecule has 104 valence electrons. The molecule has 2 N–H and O–H groups in total. The molecule has 0 saturated heterocycles. The van der Waals surface area contributed by atoms with Crippen molar-refractivity contribution in [2.75, 3.05) is 0 Å². The first-order valence-corrected chi connectivity index (χ1v) is 7.55. The summed E-state index contributed by atoms with van der Waals surface area (Å²) in [6.07, 6.45) is 8.15. The Labute approximate surface area is 119 Å². The second-order valence-corrected chi connectivity index (χ2v) is 6.25. The molecule has 1 spiro atoms. The van der Waals surface area contributed by atoms with Gasteiger partial charge in [0.1, 0.15) is 11.9 Å². The lowest BCUT2D eigenvalue weighted by Crippen LogP contribution is -2.62. The molecule has 1 aromatic heterocycles. The Kier molecular flexibility index (Phi) is 2.71. The topological polar surface area (TPSA) is 48.1 Å². The van der Waals surface area contributed by atoms with E-state index in [1.807, 2.05) is 18.3 Å². The quantitative estimate of drug-likeness (QED) is 0.909. The standard InChI is InChI=1S/C17H20N2O/c18-15-11-16(17(15)7-1-2-8-17)20-13-6-5-12-4-3-9-19-14(12)10-13/h3-6,9-10,15-16H,1-2,7-8,11,18H2. The van der Waals surface area contributed by atoms with Crippen molar-refractivity contribution in [1.29, 1.82) is 0 Å². The number of nitrogens with two attached hydrogens (primary N) is 1. The summed E-state index contributed by atoms with van der Waals surface area (Å²) in [4.78, 5) is 4.39. The number of benzene rings is 1. The summed E-state index contributed by atoms with van der Waals surface area (Å²) in [6, 6.07) is 10.5. The molecule has 0 radical (unpaired) electrons. The molecule has 20 heavy (non-hydrogen) atoms. The Morgan fingerprint density at radius 3 is 2.85 bits per heavy atom. The van der Waals surface area contributed by atoms with Crippen LogP contribution >= 0.6 is 0 Å². The van der Waals surface area contributed by atoms with Crippen molar-refractivity contribution < 1.29 is 4.74 Å². The van der Waals surface area contributed by atoms with Gasteiger partial charge >= 0.3 is 0 Å². The summed E-state index contributed by atoms with van der Waals surface area (Å²) in [5, 5.41) is 1.15. The molecule has 2 aromatic rings. The Morgan fingerprint density at radius 1 is 1.20 bits per heavy atom. The minimum Gasteiger partial charge on any atom is -0.490 e. The zero-order valence-corrected chi connectivity index (χ0v) is 11.6. The van der Waals surface area contributed by atoms with Crippen molar-refractivity contribution in [3.63, 3.8) is 0 Å². The first kappa shape index (κ1) is 12.2. The number of hydrogen-bond acceptors (Lipinski definition) is 3. The average Bonchev–Trinajstić information content (AvgIpc) is 2.99. The van der Waals surface area contributed by atoms with Gasteiger partial charge in [-0.25, -0.2) is 0 Å². The largest absolute Gasteiger partial charge is 0.490 e. The highest BCUT2D eigenvalue weighted by atomic mass is 16.5. The fraction of sp³-hybridized carbons (Fsp3) is 0.471. The fourth-order valence-electron chi connectivity index (χ4n) is 3.95. The van der Waals surface area contributed by atoms with Gasteiger partial charge in [-0.2, -0.15) is 0 Å². The van der Waals surface area contributed by atoms with Crippen LogP contribution in [0, 0.1) is 5.41 Å². The lowest BCUT2D eigenvalue weighted by Gasteiger charge is -2.52. The van der Waals surface area contributed by atoms with Crippen LogP contribution in [0.2, 0.25) is 0 Å². The Balaban J connectivity index is 1.58. The van der Waals surface area contributed by atoms with Crippen LogP contribution in [-0.2, 0) is 0 Å². The highest BCUT2D eigenvalue weighted by Gasteiger charge is 2.56. The van der Waals surface area contributed by atoms with Gasteiger partial charge in [0.05, 0.1) is 5.52 Å². The molecule has 3 nitrogen and oxygen atoms in total. The fourth-order valence-corrected chi connectivity index (χ4v) is 3.95. The van der Waals surface area contributed by atoms with E-state index in [1.54, 1.807) is 0 Å². The van der Waals surface area contributed by atoms with Gasteiger partial charge in [0.25, 0.3) is 0 Å². The van der Waals surface area contributed by atoms with E-state index in [2.05, 4.69) is 23.2 Å². The van der Waals surface area contributed by atoms with Gasteiger partial charge in [-0.05, 0) is 31.0 Å². The van der Waals surface area contributed by atoms with Crippen LogP contribution in [0.1, 0.15) is 32.1 Å². The number of ether oxygens (including phenoxy) is 1. The smallest absolute Gasteiger partial charge is 0.121 e. The highest BCUT2D eigenvalue weighted by Crippen LogP contribution is 2.53. The van der Waals surface area contributed by atoms with Crippen LogP contribution in [0.25, 0.3) is 10.9 Å². The molecule has 0 amide bonds. The second-order valence-electron chi connectivity index (χ2n) is 6.25. The Morgan fingerprint density at radius 2 is 2.05 bits per heavy atom. The zero-order chi connectivity index (χ0) is 13.6. The molecular weight excluding hydrogens is 248 g/mol. The number of hydrogen-bond donors (Lipinski definition) is 1. The highest BCUT2D eigenvalue weighted by molar-refractivity contribution is 5.79. The maximum Gasteiger partial charge on any atom is 0.121 e. The van der Waals surface area contributed by atoms with Crippen molar-refractivity contribution >= 4 is 10.9 Å². The van der Waals surface area contributed by atoms with E-state index in [4.69, 9.17) is 10.5 Å². The summed E-state index contributed by atoms with van der Waals surface area (Å²) >= 11 is 0. The van der Waals surface area contributed by atoms with Gasteiger partial charge in [-0.3, -0.25) is 4.98 Å². The third-order valence-corrected chi connectivity index (χ3v) is 5.24. The van der Waals surface area contributed by atoms with E-state index >= 15 is 0 Å². The van der Waals surface area contributed by atoms with E-state index in [-0.39, 0.29) is 5.41 Å². The molecule has 2 saturated carbocycles. The van der Waals surface area contributed by atoms with Gasteiger partial charge in [0.2, 0.25) is 0 Å². The van der Waals surface area contributed by atoms with Gasteiger partial charge < -0.3 is 10.5 Å². The third-order valence-electron chi connectivity index (χ3n) is 5.24. The maximum atomic E-state index is 6.26. The molecule has 0 aliphatic heterocycles. The number of pyridine rings is 1.